The van der Waals surface area contributed by atoms with Gasteiger partial charge in [0.15, 0.2) is 11.5 Å². The molecule has 28 heavy (non-hydrogen) atoms. The normalized spacial score (nSPS) is 11.4. The lowest BCUT2D eigenvalue weighted by Gasteiger charge is -2.16. The number of rotatable bonds is 8. The lowest BCUT2D eigenvalue weighted by Crippen LogP contribution is -2.18. The minimum Gasteiger partial charge on any atom is -0.493 e. The zero-order valence-corrected chi connectivity index (χ0v) is 17.6. The van der Waals surface area contributed by atoms with Gasteiger partial charge in [-0.2, -0.15) is 0 Å². The van der Waals surface area contributed by atoms with Crippen LogP contribution in [0.2, 0.25) is 5.02 Å². The molecular formula is C23H25Cl2NO2. The average molecular weight is 418 g/mol. The van der Waals surface area contributed by atoms with E-state index >= 15 is 0 Å². The third kappa shape index (κ3) is 6.16. The second kappa shape index (κ2) is 11.0. The first-order valence-electron chi connectivity index (χ1n) is 8.98. The van der Waals surface area contributed by atoms with E-state index in [2.05, 4.69) is 42.6 Å². The van der Waals surface area contributed by atoms with Crippen LogP contribution in [0.4, 0.5) is 0 Å². The van der Waals surface area contributed by atoms with Crippen LogP contribution < -0.4 is 14.8 Å². The van der Waals surface area contributed by atoms with Crippen molar-refractivity contribution in [2.24, 2.45) is 0 Å². The molecule has 0 bridgehead atoms. The van der Waals surface area contributed by atoms with E-state index in [0.717, 1.165) is 34.2 Å². The Labute approximate surface area is 178 Å². The molecule has 0 aliphatic heterocycles. The standard InChI is InChI=1S/C23H24ClNO2.ClH/c1-17(20-6-4-3-5-7-20)25-15-19-10-13-22(23(14-19)26-2)27-16-18-8-11-21(24)12-9-18;/h3-14,17,25H,15-16H2,1-2H3;1H. The summed E-state index contributed by atoms with van der Waals surface area (Å²) in [7, 11) is 1.66. The molecule has 0 spiro atoms. The lowest BCUT2D eigenvalue weighted by molar-refractivity contribution is 0.284. The SMILES string of the molecule is COc1cc(CNC(C)c2ccccc2)ccc1OCc1ccc(Cl)cc1.Cl. The molecule has 0 radical (unpaired) electrons. The minimum atomic E-state index is 0. The minimum absolute atomic E-state index is 0. The Balaban J connectivity index is 0.00000280. The van der Waals surface area contributed by atoms with E-state index in [1.54, 1.807) is 7.11 Å². The fourth-order valence-corrected chi connectivity index (χ4v) is 2.94. The maximum absolute atomic E-state index is 5.92. The summed E-state index contributed by atoms with van der Waals surface area (Å²) in [5.74, 6) is 1.46. The van der Waals surface area contributed by atoms with Gasteiger partial charge in [-0.1, -0.05) is 60.1 Å². The molecule has 1 N–H and O–H groups in total. The molecule has 0 saturated carbocycles. The Kier molecular flexibility index (Phi) is 8.65. The van der Waals surface area contributed by atoms with E-state index in [1.807, 2.05) is 42.5 Å². The fourth-order valence-electron chi connectivity index (χ4n) is 2.81. The Hall–Kier alpha value is -2.20. The highest BCUT2D eigenvalue weighted by molar-refractivity contribution is 6.30. The van der Waals surface area contributed by atoms with Gasteiger partial charge in [0, 0.05) is 17.6 Å². The fraction of sp³-hybridized carbons (Fsp3) is 0.217. The molecule has 3 nitrogen and oxygen atoms in total. The van der Waals surface area contributed by atoms with Crippen molar-refractivity contribution in [1.82, 2.24) is 5.32 Å². The van der Waals surface area contributed by atoms with Crippen LogP contribution in [0.5, 0.6) is 11.5 Å². The summed E-state index contributed by atoms with van der Waals surface area (Å²) in [6.07, 6.45) is 0. The molecule has 148 valence electrons. The third-order valence-corrected chi connectivity index (χ3v) is 4.70. The molecule has 5 heteroatoms. The number of nitrogens with one attached hydrogen (secondary N) is 1. The van der Waals surface area contributed by atoms with Crippen LogP contribution in [-0.2, 0) is 13.2 Å². The van der Waals surface area contributed by atoms with E-state index in [9.17, 15) is 0 Å². The van der Waals surface area contributed by atoms with Crippen LogP contribution in [0.25, 0.3) is 0 Å². The Morgan fingerprint density at radius 3 is 2.25 bits per heavy atom. The van der Waals surface area contributed by atoms with Crippen molar-refractivity contribution in [3.63, 3.8) is 0 Å². The molecule has 0 saturated heterocycles. The molecule has 0 aliphatic rings. The largest absolute Gasteiger partial charge is 0.493 e. The molecule has 0 fully saturated rings. The summed E-state index contributed by atoms with van der Waals surface area (Å²) >= 11 is 5.92. The van der Waals surface area contributed by atoms with Gasteiger partial charge in [-0.25, -0.2) is 0 Å². The van der Waals surface area contributed by atoms with Gasteiger partial charge in [0.1, 0.15) is 6.61 Å². The van der Waals surface area contributed by atoms with Crippen LogP contribution in [0.1, 0.15) is 29.7 Å². The predicted molar refractivity (Wildman–Crippen MR) is 118 cm³/mol. The van der Waals surface area contributed by atoms with Gasteiger partial charge >= 0.3 is 0 Å². The second-order valence-electron chi connectivity index (χ2n) is 6.41. The van der Waals surface area contributed by atoms with Gasteiger partial charge in [-0.15, -0.1) is 12.4 Å². The van der Waals surface area contributed by atoms with Crippen LogP contribution >= 0.6 is 24.0 Å². The highest BCUT2D eigenvalue weighted by Crippen LogP contribution is 2.29. The first-order chi connectivity index (χ1) is 13.2. The van der Waals surface area contributed by atoms with Crippen LogP contribution in [-0.4, -0.2) is 7.11 Å². The molecule has 3 aromatic rings. The molecule has 3 rings (SSSR count). The smallest absolute Gasteiger partial charge is 0.161 e. The number of halogens is 2. The van der Waals surface area contributed by atoms with Gasteiger partial charge < -0.3 is 14.8 Å². The van der Waals surface area contributed by atoms with E-state index < -0.39 is 0 Å². The van der Waals surface area contributed by atoms with E-state index in [0.29, 0.717) is 6.61 Å². The van der Waals surface area contributed by atoms with Crippen molar-refractivity contribution in [2.45, 2.75) is 26.1 Å². The van der Waals surface area contributed by atoms with Gasteiger partial charge in [-0.05, 0) is 47.9 Å². The van der Waals surface area contributed by atoms with Crippen molar-refractivity contribution >= 4 is 24.0 Å². The molecule has 3 aromatic carbocycles. The Morgan fingerprint density at radius 1 is 0.893 bits per heavy atom. The van der Waals surface area contributed by atoms with Crippen molar-refractivity contribution < 1.29 is 9.47 Å². The summed E-state index contributed by atoms with van der Waals surface area (Å²) in [5.41, 5.74) is 3.48. The molecule has 1 unspecified atom stereocenters. The summed E-state index contributed by atoms with van der Waals surface area (Å²) < 4.78 is 11.4. The number of methoxy groups -OCH3 is 1. The molecule has 0 aromatic heterocycles. The van der Waals surface area contributed by atoms with E-state index in [4.69, 9.17) is 21.1 Å². The number of hydrogen-bond donors (Lipinski definition) is 1. The number of benzene rings is 3. The first kappa shape index (κ1) is 22.1. The van der Waals surface area contributed by atoms with Gasteiger partial charge in [0.2, 0.25) is 0 Å². The number of ether oxygens (including phenoxy) is 2. The Morgan fingerprint density at radius 2 is 1.57 bits per heavy atom. The first-order valence-corrected chi connectivity index (χ1v) is 9.36. The molecule has 0 amide bonds. The summed E-state index contributed by atoms with van der Waals surface area (Å²) in [6.45, 7) is 3.39. The third-order valence-electron chi connectivity index (χ3n) is 4.45. The lowest BCUT2D eigenvalue weighted by atomic mass is 10.1. The molecular weight excluding hydrogens is 393 g/mol. The summed E-state index contributed by atoms with van der Waals surface area (Å²) in [5, 5.41) is 4.26. The van der Waals surface area contributed by atoms with Crippen molar-refractivity contribution in [3.8, 4) is 11.5 Å². The van der Waals surface area contributed by atoms with Crippen molar-refractivity contribution in [3.05, 3.63) is 94.5 Å². The van der Waals surface area contributed by atoms with Crippen LogP contribution in [0.15, 0.2) is 72.8 Å². The van der Waals surface area contributed by atoms with Gasteiger partial charge in [0.05, 0.1) is 7.11 Å². The Bertz CT molecular complexity index is 854. The topological polar surface area (TPSA) is 30.5 Å². The molecule has 0 heterocycles. The van der Waals surface area contributed by atoms with Gasteiger partial charge in [-0.3, -0.25) is 0 Å². The quantitative estimate of drug-likeness (QED) is 0.473. The molecule has 0 aliphatic carbocycles. The van der Waals surface area contributed by atoms with Crippen molar-refractivity contribution in [1.29, 1.82) is 0 Å². The average Bonchev–Trinajstić information content (AvgIpc) is 2.72. The summed E-state index contributed by atoms with van der Waals surface area (Å²) in [6, 6.07) is 24.4. The van der Waals surface area contributed by atoms with Crippen LogP contribution in [0.3, 0.4) is 0 Å². The highest BCUT2D eigenvalue weighted by atomic mass is 35.5. The van der Waals surface area contributed by atoms with Crippen LogP contribution in [0, 0.1) is 0 Å². The second-order valence-corrected chi connectivity index (χ2v) is 6.85. The maximum Gasteiger partial charge on any atom is 0.161 e. The summed E-state index contributed by atoms with van der Waals surface area (Å²) in [4.78, 5) is 0. The maximum atomic E-state index is 5.92. The van der Waals surface area contributed by atoms with E-state index in [1.165, 1.54) is 5.56 Å². The predicted octanol–water partition coefficient (Wildman–Crippen LogP) is 6.20. The zero-order valence-electron chi connectivity index (χ0n) is 16.0. The zero-order chi connectivity index (χ0) is 19.1. The monoisotopic (exact) mass is 417 g/mol. The molecule has 1 atom stereocenters. The van der Waals surface area contributed by atoms with E-state index in [-0.39, 0.29) is 18.4 Å². The number of hydrogen-bond acceptors (Lipinski definition) is 3. The van der Waals surface area contributed by atoms with Gasteiger partial charge in [0.25, 0.3) is 0 Å². The highest BCUT2D eigenvalue weighted by Gasteiger charge is 2.08. The van der Waals surface area contributed by atoms with Crippen molar-refractivity contribution in [2.75, 3.05) is 7.11 Å².